The summed E-state index contributed by atoms with van der Waals surface area (Å²) in [5, 5.41) is 29.5. The number of methoxy groups -OCH3 is 4. The number of ether oxygens (including phenoxy) is 13. The summed E-state index contributed by atoms with van der Waals surface area (Å²) < 4.78 is 75.0. The van der Waals surface area contributed by atoms with Crippen molar-refractivity contribution in [2.24, 2.45) is 0 Å². The smallest absolute Gasteiger partial charge is 0.342 e. The molecule has 2 fully saturated rings. The second-order valence-electron chi connectivity index (χ2n) is 23.7. The van der Waals surface area contributed by atoms with E-state index in [9.17, 15) is 34.5 Å². The van der Waals surface area contributed by atoms with Crippen LogP contribution in [0.15, 0.2) is 109 Å². The SMILES string of the molecule is COCOc1cc(OC)cc(CCC[C@@H]2OC(C)(C)OC2C(/C=C\C[C@H](C)O)OC(=O)c2ccccc2)c1C(=O)O.COCOc1cc(OC)cc(CCC[C@@H]2OC(C)(C)OC2C(/C=C\C[C@H](C)O)OC(=O)c2ccccc2)c1C(=O)OCC[Si](C)(C)C. The molecule has 0 aromatic heterocycles. The van der Waals surface area contributed by atoms with Gasteiger partial charge < -0.3 is 76.9 Å². The number of benzene rings is 4. The lowest BCUT2D eigenvalue weighted by atomic mass is 9.96. The van der Waals surface area contributed by atoms with Crippen LogP contribution in [0.5, 0.6) is 23.0 Å². The number of aryl methyl sites for hydroxylation is 2. The number of carboxylic acid groups (broad SMARTS) is 1. The number of carboxylic acids is 1. The number of hydrogen-bond acceptors (Lipinski definition) is 19. The molecular weight excluding hydrogens is 1150 g/mol. The van der Waals surface area contributed by atoms with Gasteiger partial charge in [0.25, 0.3) is 0 Å². The van der Waals surface area contributed by atoms with E-state index >= 15 is 0 Å². The molecule has 8 atom stereocenters. The van der Waals surface area contributed by atoms with Crippen molar-refractivity contribution in [2.75, 3.05) is 48.6 Å². The van der Waals surface area contributed by atoms with Gasteiger partial charge in [-0.25, -0.2) is 19.2 Å². The van der Waals surface area contributed by atoms with Crippen LogP contribution < -0.4 is 18.9 Å². The minimum Gasteiger partial charge on any atom is -0.497 e. The van der Waals surface area contributed by atoms with Crippen molar-refractivity contribution in [3.05, 3.63) is 143 Å². The molecule has 2 heterocycles. The van der Waals surface area contributed by atoms with Gasteiger partial charge in [0, 0.05) is 34.4 Å². The molecule has 6 rings (SSSR count). The Labute approximate surface area is 519 Å². The van der Waals surface area contributed by atoms with Gasteiger partial charge in [0.05, 0.1) is 56.4 Å². The van der Waals surface area contributed by atoms with Crippen LogP contribution in [-0.2, 0) is 55.5 Å². The molecule has 0 amide bonds. The predicted octanol–water partition coefficient (Wildman–Crippen LogP) is 11.3. The molecule has 2 aliphatic heterocycles. The van der Waals surface area contributed by atoms with E-state index in [-0.39, 0.29) is 24.9 Å². The Balaban J connectivity index is 0.000000324. The Morgan fingerprint density at radius 3 is 1.38 bits per heavy atom. The Bertz CT molecular complexity index is 2880. The first kappa shape index (κ1) is 72.1. The number of esters is 3. The molecule has 21 heteroatoms. The van der Waals surface area contributed by atoms with Crippen LogP contribution in [-0.4, -0.2) is 156 Å². The quantitative estimate of drug-likeness (QED) is 0.0132. The number of carbonyl (C=O) groups is 4. The summed E-state index contributed by atoms with van der Waals surface area (Å²) in [5.74, 6) is -2.93. The fraction of sp³-hybridized carbons (Fsp3) is 0.522. The van der Waals surface area contributed by atoms with Crippen molar-refractivity contribution < 1.29 is 96.1 Å². The first-order valence-corrected chi connectivity index (χ1v) is 33.5. The third kappa shape index (κ3) is 23.4. The van der Waals surface area contributed by atoms with Crippen LogP contribution in [0, 0.1) is 0 Å². The summed E-state index contributed by atoms with van der Waals surface area (Å²) in [4.78, 5) is 51.7. The van der Waals surface area contributed by atoms with Crippen molar-refractivity contribution >= 4 is 32.0 Å². The molecule has 0 saturated carbocycles. The van der Waals surface area contributed by atoms with E-state index < -0.39 is 92.4 Å². The third-order valence-corrected chi connectivity index (χ3v) is 15.7. The van der Waals surface area contributed by atoms with Crippen LogP contribution in [0.3, 0.4) is 0 Å². The molecule has 4 unspecified atom stereocenters. The number of aliphatic hydroxyl groups is 2. The molecule has 0 radical (unpaired) electrons. The lowest BCUT2D eigenvalue weighted by molar-refractivity contribution is -0.153. The van der Waals surface area contributed by atoms with Crippen molar-refractivity contribution in [1.29, 1.82) is 0 Å². The van der Waals surface area contributed by atoms with Crippen LogP contribution in [0.25, 0.3) is 0 Å². The van der Waals surface area contributed by atoms with Gasteiger partial charge in [-0.2, -0.15) is 0 Å². The van der Waals surface area contributed by atoms with Crippen molar-refractivity contribution in [2.45, 2.75) is 179 Å². The van der Waals surface area contributed by atoms with Crippen LogP contribution in [0.1, 0.15) is 133 Å². The van der Waals surface area contributed by atoms with Gasteiger partial charge in [-0.1, -0.05) is 68.2 Å². The van der Waals surface area contributed by atoms with E-state index in [0.717, 1.165) is 6.04 Å². The van der Waals surface area contributed by atoms with Crippen LogP contribution in [0.2, 0.25) is 25.7 Å². The highest BCUT2D eigenvalue weighted by molar-refractivity contribution is 6.76. The van der Waals surface area contributed by atoms with Gasteiger partial charge in [-0.15, -0.1) is 0 Å². The molecule has 88 heavy (non-hydrogen) atoms. The highest BCUT2D eigenvalue weighted by Gasteiger charge is 2.47. The molecule has 0 spiro atoms. The number of aliphatic hydroxyl groups excluding tert-OH is 2. The average Bonchev–Trinajstić information content (AvgIpc) is 4.22. The molecule has 20 nitrogen and oxygen atoms in total. The molecular formula is C67H92O20Si. The van der Waals surface area contributed by atoms with Gasteiger partial charge in [0.1, 0.15) is 58.5 Å². The minimum atomic E-state index is -1.42. The Hall–Kier alpha value is -6.66. The van der Waals surface area contributed by atoms with E-state index in [4.69, 9.17) is 61.6 Å². The van der Waals surface area contributed by atoms with Gasteiger partial charge >= 0.3 is 23.9 Å². The zero-order chi connectivity index (χ0) is 64.6. The molecule has 0 bridgehead atoms. The maximum Gasteiger partial charge on any atom is 0.342 e. The predicted molar refractivity (Wildman–Crippen MR) is 332 cm³/mol. The standard InChI is InChI=1S/C36H52O10Si.C31H40O10/c1-25(37)14-12-18-29(44-34(38)26-15-10-9-11-16-26)33-30(45-36(2,3)46-33)19-13-17-27-22-28(41-5)23-31(43-24-40-4)32(27)35(39)42-20-21-47(6,7)8;1-20(32)11-9-15-24(39-30(35)21-12-7-6-8-13-21)28-25(40-31(2,3)41-28)16-10-14-22-17-23(37-5)18-26(38-19-36-4)27(22)29(33)34/h9-12,15-16,18,22-23,25,29-30,33,37H,13-14,17,19-21,24H2,1-8H3;6-9,12-13,15,17-18,20,24-25,28,32H,10-11,14,16,19H2,1-5H3,(H,33,34)/b18-12-;15-9-/t25-,29?,30-,33?;20-,24?,25-,28?/m00/s1. The molecule has 0 aliphatic carbocycles. The van der Waals surface area contributed by atoms with Crippen molar-refractivity contribution in [3.8, 4) is 23.0 Å². The number of rotatable bonds is 33. The molecule has 484 valence electrons. The van der Waals surface area contributed by atoms with Gasteiger partial charge in [0.2, 0.25) is 0 Å². The summed E-state index contributed by atoms with van der Waals surface area (Å²) in [7, 11) is 4.60. The fourth-order valence-corrected chi connectivity index (χ4v) is 10.6. The highest BCUT2D eigenvalue weighted by Crippen LogP contribution is 2.38. The Morgan fingerprint density at radius 1 is 0.591 bits per heavy atom. The Kier molecular flexibility index (Phi) is 28.6. The molecule has 4 aromatic rings. The summed E-state index contributed by atoms with van der Waals surface area (Å²) >= 11 is 0. The lowest BCUT2D eigenvalue weighted by Gasteiger charge is -2.25. The zero-order valence-corrected chi connectivity index (χ0v) is 54.3. The van der Waals surface area contributed by atoms with Gasteiger partial charge in [-0.05, 0) is 159 Å². The van der Waals surface area contributed by atoms with Gasteiger partial charge in [-0.3, -0.25) is 0 Å². The van der Waals surface area contributed by atoms with Crippen LogP contribution in [0.4, 0.5) is 0 Å². The topological polar surface area (TPSA) is 249 Å². The third-order valence-electron chi connectivity index (χ3n) is 14.0. The summed E-state index contributed by atoms with van der Waals surface area (Å²) in [6, 6.07) is 25.0. The zero-order valence-electron chi connectivity index (χ0n) is 53.3. The van der Waals surface area contributed by atoms with Crippen molar-refractivity contribution in [1.82, 2.24) is 0 Å². The maximum absolute atomic E-state index is 13.5. The summed E-state index contributed by atoms with van der Waals surface area (Å²) in [6.45, 7) is 17.5. The molecule has 3 N–H and O–H groups in total. The fourth-order valence-electron chi connectivity index (χ4n) is 9.89. The lowest BCUT2D eigenvalue weighted by Crippen LogP contribution is -2.37. The number of hydrogen-bond donors (Lipinski definition) is 3. The first-order chi connectivity index (χ1) is 41.8. The van der Waals surface area contributed by atoms with Gasteiger partial charge in [0.15, 0.2) is 25.2 Å². The van der Waals surface area contributed by atoms with Crippen LogP contribution >= 0.6 is 0 Å². The molecule has 2 aliphatic rings. The average molecular weight is 1250 g/mol. The normalized spacial score (nSPS) is 19.2. The second kappa shape index (κ2) is 34.9. The molecule has 2 saturated heterocycles. The monoisotopic (exact) mass is 1240 g/mol. The van der Waals surface area contributed by atoms with E-state index in [0.29, 0.717) is 103 Å². The number of aromatic carboxylic acids is 1. The van der Waals surface area contributed by atoms with E-state index in [2.05, 4.69) is 19.6 Å². The first-order valence-electron chi connectivity index (χ1n) is 29.8. The largest absolute Gasteiger partial charge is 0.497 e. The summed E-state index contributed by atoms with van der Waals surface area (Å²) in [6.07, 6.45) is 6.03. The second-order valence-corrected chi connectivity index (χ2v) is 29.4. The minimum absolute atomic E-state index is 0.0408. The van der Waals surface area contributed by atoms with E-state index in [1.165, 1.54) is 27.4 Å². The van der Waals surface area contributed by atoms with E-state index in [1.807, 2.05) is 32.0 Å². The number of carbonyl (C=O) groups excluding carboxylic acids is 3. The van der Waals surface area contributed by atoms with E-state index in [1.54, 1.807) is 120 Å². The highest BCUT2D eigenvalue weighted by atomic mass is 28.3. The molecule has 4 aromatic carbocycles. The summed E-state index contributed by atoms with van der Waals surface area (Å²) in [5.41, 5.74) is 2.47. The maximum atomic E-state index is 13.5. The van der Waals surface area contributed by atoms with Crippen molar-refractivity contribution in [3.63, 3.8) is 0 Å². The Morgan fingerprint density at radius 2 is 1.00 bits per heavy atom.